The number of hydrogen-bond acceptors (Lipinski definition) is 4. The smallest absolute Gasteiger partial charge is 0.249 e. The highest BCUT2D eigenvalue weighted by Crippen LogP contribution is 2.35. The van der Waals surface area contributed by atoms with Crippen molar-refractivity contribution in [3.63, 3.8) is 0 Å². The molecule has 5 N–H and O–H groups in total. The van der Waals surface area contributed by atoms with Crippen molar-refractivity contribution >= 4 is 29.1 Å². The molecular weight excluding hydrogens is 257 g/mol. The van der Waals surface area contributed by atoms with E-state index < -0.39 is 18.1 Å². The number of aliphatic hydroxyl groups is 2. The van der Waals surface area contributed by atoms with Gasteiger partial charge in [-0.05, 0) is 17.7 Å². The quantitative estimate of drug-likeness (QED) is 0.642. The molecule has 2 unspecified atom stereocenters. The Morgan fingerprint density at radius 2 is 1.69 bits per heavy atom. The average Bonchev–Trinajstić information content (AvgIpc) is 2.22. The van der Waals surface area contributed by atoms with Gasteiger partial charge in [0, 0.05) is 0 Å². The number of halogens is 2. The van der Waals surface area contributed by atoms with E-state index in [1.165, 1.54) is 12.1 Å². The highest BCUT2D eigenvalue weighted by molar-refractivity contribution is 6.37. The molecular formula is C9H9Cl2NO4. The van der Waals surface area contributed by atoms with Crippen LogP contribution in [-0.2, 0) is 4.79 Å². The molecule has 0 spiro atoms. The van der Waals surface area contributed by atoms with Gasteiger partial charge in [-0.2, -0.15) is 0 Å². The molecule has 0 fully saturated rings. The number of phenolic OH excluding ortho intramolecular Hbond substituents is 1. The maximum absolute atomic E-state index is 10.6. The molecule has 7 heteroatoms. The second-order valence-electron chi connectivity index (χ2n) is 3.13. The van der Waals surface area contributed by atoms with E-state index in [0.717, 1.165) is 0 Å². The normalized spacial score (nSPS) is 14.5. The number of benzene rings is 1. The Kier molecular flexibility index (Phi) is 3.98. The van der Waals surface area contributed by atoms with Gasteiger partial charge in [-0.25, -0.2) is 0 Å². The van der Waals surface area contributed by atoms with Crippen LogP contribution in [0.1, 0.15) is 11.7 Å². The first-order chi connectivity index (χ1) is 7.34. The first-order valence-corrected chi connectivity index (χ1v) is 4.93. The second-order valence-corrected chi connectivity index (χ2v) is 3.94. The number of carbonyl (C=O) groups excluding carboxylic acids is 1. The number of aromatic hydroxyl groups is 1. The fraction of sp³-hybridized carbons (Fsp3) is 0.222. The van der Waals surface area contributed by atoms with Crippen molar-refractivity contribution in [1.82, 2.24) is 0 Å². The molecule has 0 aliphatic heterocycles. The van der Waals surface area contributed by atoms with Crippen LogP contribution in [-0.4, -0.2) is 27.3 Å². The van der Waals surface area contributed by atoms with Gasteiger partial charge in [-0.15, -0.1) is 0 Å². The zero-order valence-corrected chi connectivity index (χ0v) is 9.40. The van der Waals surface area contributed by atoms with Crippen LogP contribution in [0, 0.1) is 0 Å². The van der Waals surface area contributed by atoms with E-state index in [1.54, 1.807) is 0 Å². The van der Waals surface area contributed by atoms with E-state index in [2.05, 4.69) is 0 Å². The minimum Gasteiger partial charge on any atom is -0.505 e. The molecule has 2 atom stereocenters. The molecule has 0 bridgehead atoms. The number of rotatable bonds is 3. The molecule has 0 aliphatic carbocycles. The number of primary amides is 1. The SMILES string of the molecule is NC(=O)C(O)C(O)c1cc(Cl)c(O)c(Cl)c1. The Bertz CT molecular complexity index is 401. The summed E-state index contributed by atoms with van der Waals surface area (Å²) >= 11 is 11.2. The van der Waals surface area contributed by atoms with E-state index in [4.69, 9.17) is 28.9 Å². The summed E-state index contributed by atoms with van der Waals surface area (Å²) in [7, 11) is 0. The van der Waals surface area contributed by atoms with Crippen molar-refractivity contribution in [2.75, 3.05) is 0 Å². The van der Waals surface area contributed by atoms with Gasteiger partial charge in [-0.1, -0.05) is 23.2 Å². The minimum atomic E-state index is -1.77. The van der Waals surface area contributed by atoms with Crippen molar-refractivity contribution in [2.24, 2.45) is 5.73 Å². The zero-order valence-electron chi connectivity index (χ0n) is 7.89. The third kappa shape index (κ3) is 2.56. The lowest BCUT2D eigenvalue weighted by Gasteiger charge is -2.16. The summed E-state index contributed by atoms with van der Waals surface area (Å²) in [6, 6.07) is 2.36. The molecule has 88 valence electrons. The highest BCUT2D eigenvalue weighted by Gasteiger charge is 2.24. The summed E-state index contributed by atoms with van der Waals surface area (Å²) in [6.07, 6.45) is -3.32. The van der Waals surface area contributed by atoms with E-state index >= 15 is 0 Å². The third-order valence-corrected chi connectivity index (χ3v) is 2.55. The molecule has 0 heterocycles. The van der Waals surface area contributed by atoms with Gasteiger partial charge in [0.05, 0.1) is 10.0 Å². The summed E-state index contributed by atoms with van der Waals surface area (Å²) in [6.45, 7) is 0. The summed E-state index contributed by atoms with van der Waals surface area (Å²) in [5, 5.41) is 27.8. The lowest BCUT2D eigenvalue weighted by molar-refractivity contribution is -0.131. The predicted octanol–water partition coefficient (Wildman–Crippen LogP) is 0.579. The molecule has 0 saturated heterocycles. The molecule has 5 nitrogen and oxygen atoms in total. The Balaban J connectivity index is 3.10. The Hall–Kier alpha value is -1.01. The van der Waals surface area contributed by atoms with Crippen LogP contribution in [0.25, 0.3) is 0 Å². The number of hydrogen-bond donors (Lipinski definition) is 4. The van der Waals surface area contributed by atoms with E-state index in [9.17, 15) is 20.1 Å². The topological polar surface area (TPSA) is 104 Å². The molecule has 1 aromatic carbocycles. The average molecular weight is 266 g/mol. The minimum absolute atomic E-state index is 0.0825. The van der Waals surface area contributed by atoms with Crippen molar-refractivity contribution < 1.29 is 20.1 Å². The van der Waals surface area contributed by atoms with Gasteiger partial charge in [-0.3, -0.25) is 4.79 Å². The molecule has 1 aromatic rings. The zero-order chi connectivity index (χ0) is 12.5. The summed E-state index contributed by atoms with van der Waals surface area (Å²) < 4.78 is 0. The van der Waals surface area contributed by atoms with Crippen LogP contribution >= 0.6 is 23.2 Å². The Morgan fingerprint density at radius 3 is 2.06 bits per heavy atom. The first-order valence-electron chi connectivity index (χ1n) is 4.18. The number of aliphatic hydroxyl groups excluding tert-OH is 2. The fourth-order valence-corrected chi connectivity index (χ4v) is 1.60. The van der Waals surface area contributed by atoms with Gasteiger partial charge in [0.15, 0.2) is 11.9 Å². The van der Waals surface area contributed by atoms with Crippen LogP contribution in [0.15, 0.2) is 12.1 Å². The van der Waals surface area contributed by atoms with Crippen molar-refractivity contribution in [2.45, 2.75) is 12.2 Å². The standard InChI is InChI=1S/C9H9Cl2NO4/c10-4-1-3(2-5(11)7(4)14)6(13)8(15)9(12)16/h1-2,6,8,13-15H,(H2,12,16). The van der Waals surface area contributed by atoms with Crippen LogP contribution in [0.5, 0.6) is 5.75 Å². The van der Waals surface area contributed by atoms with Gasteiger partial charge >= 0.3 is 0 Å². The maximum atomic E-state index is 10.6. The van der Waals surface area contributed by atoms with E-state index in [1.807, 2.05) is 0 Å². The predicted molar refractivity (Wildman–Crippen MR) is 58.3 cm³/mol. The molecule has 1 rings (SSSR count). The maximum Gasteiger partial charge on any atom is 0.249 e. The molecule has 0 radical (unpaired) electrons. The number of amides is 1. The third-order valence-electron chi connectivity index (χ3n) is 1.97. The van der Waals surface area contributed by atoms with Crippen molar-refractivity contribution in [3.05, 3.63) is 27.7 Å². The van der Waals surface area contributed by atoms with Gasteiger partial charge in [0.2, 0.25) is 5.91 Å². The monoisotopic (exact) mass is 265 g/mol. The second kappa shape index (κ2) is 4.88. The molecule has 16 heavy (non-hydrogen) atoms. The number of nitrogens with two attached hydrogens (primary N) is 1. The molecule has 1 amide bonds. The van der Waals surface area contributed by atoms with E-state index in [0.29, 0.717) is 0 Å². The highest BCUT2D eigenvalue weighted by atomic mass is 35.5. The van der Waals surface area contributed by atoms with Crippen LogP contribution < -0.4 is 5.73 Å². The fourth-order valence-electron chi connectivity index (χ4n) is 1.09. The Morgan fingerprint density at radius 1 is 1.25 bits per heavy atom. The number of carbonyl (C=O) groups is 1. The number of phenols is 1. The summed E-state index contributed by atoms with van der Waals surface area (Å²) in [5.74, 6) is -1.42. The van der Waals surface area contributed by atoms with E-state index in [-0.39, 0.29) is 21.4 Å². The lowest BCUT2D eigenvalue weighted by atomic mass is 10.0. The van der Waals surface area contributed by atoms with Crippen LogP contribution in [0.3, 0.4) is 0 Å². The van der Waals surface area contributed by atoms with Crippen molar-refractivity contribution in [1.29, 1.82) is 0 Å². The van der Waals surface area contributed by atoms with Gasteiger partial charge in [0.1, 0.15) is 6.10 Å². The van der Waals surface area contributed by atoms with Gasteiger partial charge < -0.3 is 21.1 Å². The lowest BCUT2D eigenvalue weighted by Crippen LogP contribution is -2.33. The summed E-state index contributed by atoms with van der Waals surface area (Å²) in [4.78, 5) is 10.6. The van der Waals surface area contributed by atoms with Crippen LogP contribution in [0.2, 0.25) is 10.0 Å². The largest absolute Gasteiger partial charge is 0.505 e. The van der Waals surface area contributed by atoms with Crippen LogP contribution in [0.4, 0.5) is 0 Å². The van der Waals surface area contributed by atoms with Crippen molar-refractivity contribution in [3.8, 4) is 5.75 Å². The molecule has 0 saturated carbocycles. The molecule has 0 aliphatic rings. The summed E-state index contributed by atoms with van der Waals surface area (Å²) in [5.41, 5.74) is 4.90. The Labute approximate surface area is 101 Å². The van der Waals surface area contributed by atoms with Gasteiger partial charge in [0.25, 0.3) is 0 Å². The first kappa shape index (κ1) is 13.1. The molecule has 0 aromatic heterocycles.